The van der Waals surface area contributed by atoms with Crippen LogP contribution in [0.25, 0.3) is 4.85 Å². The minimum atomic E-state index is -5.90. The smallest absolute Gasteiger partial charge is 0.375 e. The van der Waals surface area contributed by atoms with Gasteiger partial charge in [-0.25, -0.2) is 4.85 Å². The van der Waals surface area contributed by atoms with Gasteiger partial charge in [0, 0.05) is 5.69 Å². The second-order valence-electron chi connectivity index (χ2n) is 4.59. The summed E-state index contributed by atoms with van der Waals surface area (Å²) in [5, 5.41) is 2.38. The third kappa shape index (κ3) is 4.27. The molecular formula is C15H9F3N2O4S. The van der Waals surface area contributed by atoms with Crippen molar-refractivity contribution in [2.75, 3.05) is 5.32 Å². The van der Waals surface area contributed by atoms with E-state index >= 15 is 0 Å². The maximum absolute atomic E-state index is 12.4. The van der Waals surface area contributed by atoms with Crippen LogP contribution in [0.3, 0.4) is 0 Å². The average molecular weight is 370 g/mol. The highest BCUT2D eigenvalue weighted by atomic mass is 32.2. The molecule has 0 saturated heterocycles. The minimum absolute atomic E-state index is 0.269. The van der Waals surface area contributed by atoms with Gasteiger partial charge in [-0.1, -0.05) is 24.3 Å². The van der Waals surface area contributed by atoms with Crippen LogP contribution in [0, 0.1) is 6.57 Å². The number of nitrogens with zero attached hydrogens (tertiary/aromatic N) is 1. The number of rotatable bonds is 4. The first-order valence-electron chi connectivity index (χ1n) is 6.53. The molecule has 130 valence electrons. The van der Waals surface area contributed by atoms with Gasteiger partial charge < -0.3 is 9.50 Å². The van der Waals surface area contributed by atoms with Crippen LogP contribution in [0.4, 0.5) is 24.5 Å². The molecule has 10 heteroatoms. The van der Waals surface area contributed by atoms with Crippen LogP contribution in [0.5, 0.6) is 5.75 Å². The molecule has 0 atom stereocenters. The Hall–Kier alpha value is -3.06. The van der Waals surface area contributed by atoms with Crippen molar-refractivity contribution in [2.24, 2.45) is 0 Å². The molecule has 6 nitrogen and oxygen atoms in total. The second kappa shape index (κ2) is 6.82. The Bertz CT molecular complexity index is 932. The van der Waals surface area contributed by atoms with Crippen LogP contribution in [0.2, 0.25) is 0 Å². The molecular weight excluding hydrogens is 361 g/mol. The molecule has 0 aliphatic carbocycles. The lowest BCUT2D eigenvalue weighted by atomic mass is 10.2. The Morgan fingerprint density at radius 2 is 1.68 bits per heavy atom. The number of carbonyl (C=O) groups is 1. The van der Waals surface area contributed by atoms with Crippen molar-refractivity contribution in [3.8, 4) is 5.75 Å². The van der Waals surface area contributed by atoms with E-state index in [0.717, 1.165) is 12.1 Å². The number of amides is 1. The van der Waals surface area contributed by atoms with E-state index in [-0.39, 0.29) is 5.69 Å². The summed E-state index contributed by atoms with van der Waals surface area (Å²) in [5.74, 6) is -1.63. The van der Waals surface area contributed by atoms with Crippen molar-refractivity contribution < 1.29 is 30.6 Å². The predicted octanol–water partition coefficient (Wildman–Crippen LogP) is 3.72. The van der Waals surface area contributed by atoms with E-state index in [9.17, 15) is 26.4 Å². The molecule has 0 saturated carbocycles. The summed E-state index contributed by atoms with van der Waals surface area (Å²) in [7, 11) is -5.90. The molecule has 0 aromatic heterocycles. The Morgan fingerprint density at radius 3 is 2.24 bits per heavy atom. The second-order valence-corrected chi connectivity index (χ2v) is 6.13. The van der Waals surface area contributed by atoms with Crippen molar-refractivity contribution in [1.82, 2.24) is 0 Å². The quantitative estimate of drug-likeness (QED) is 0.506. The fourth-order valence-corrected chi connectivity index (χ4v) is 2.19. The Morgan fingerprint density at radius 1 is 1.08 bits per heavy atom. The number of para-hydroxylation sites is 1. The van der Waals surface area contributed by atoms with Crippen molar-refractivity contribution >= 4 is 27.4 Å². The summed E-state index contributed by atoms with van der Waals surface area (Å²) in [6.07, 6.45) is 0. The van der Waals surface area contributed by atoms with Gasteiger partial charge in [0.05, 0.1) is 12.1 Å². The van der Waals surface area contributed by atoms with Gasteiger partial charge in [-0.2, -0.15) is 21.6 Å². The van der Waals surface area contributed by atoms with Crippen LogP contribution < -0.4 is 9.50 Å². The summed E-state index contributed by atoms with van der Waals surface area (Å²) < 4.78 is 63.6. The average Bonchev–Trinajstić information content (AvgIpc) is 2.54. The number of carbonyl (C=O) groups excluding carboxylic acids is 1. The molecule has 0 aliphatic heterocycles. The summed E-state index contributed by atoms with van der Waals surface area (Å²) in [6.45, 7) is 6.82. The normalized spacial score (nSPS) is 11.4. The summed E-state index contributed by atoms with van der Waals surface area (Å²) in [6, 6.07) is 10.3. The van der Waals surface area contributed by atoms with Gasteiger partial charge in [-0.05, 0) is 24.3 Å². The molecule has 0 bridgehead atoms. The number of hydrogen-bond donors (Lipinski definition) is 1. The predicted molar refractivity (Wildman–Crippen MR) is 82.7 cm³/mol. The number of anilines is 1. The first-order chi connectivity index (χ1) is 11.6. The number of alkyl halides is 3. The van der Waals surface area contributed by atoms with Crippen molar-refractivity contribution in [2.45, 2.75) is 5.51 Å². The maximum Gasteiger partial charge on any atom is 0.534 e. The SMILES string of the molecule is [C-]#[N+]c1ccc(NC(=O)c2ccccc2OS(=O)(=O)C(F)(F)F)cc1. The van der Waals surface area contributed by atoms with Gasteiger partial charge in [-0.3, -0.25) is 4.79 Å². The standard InChI is InChI=1S/C15H9F3N2O4S/c1-19-10-6-8-11(9-7-10)20-14(21)12-4-2-3-5-13(12)24-25(22,23)15(16,17)18/h2-9H,(H,20,21). The van der Waals surface area contributed by atoms with E-state index in [1.807, 2.05) is 0 Å². The molecule has 0 aliphatic rings. The van der Waals surface area contributed by atoms with Crippen LogP contribution in [-0.4, -0.2) is 19.8 Å². The zero-order valence-electron chi connectivity index (χ0n) is 12.2. The molecule has 1 N–H and O–H groups in total. The lowest BCUT2D eigenvalue weighted by Crippen LogP contribution is -2.29. The number of halogens is 3. The van der Waals surface area contributed by atoms with E-state index in [1.165, 1.54) is 36.4 Å². The van der Waals surface area contributed by atoms with Gasteiger partial charge in [-0.15, -0.1) is 0 Å². The molecule has 0 radical (unpaired) electrons. The first-order valence-corrected chi connectivity index (χ1v) is 7.93. The summed E-state index contributed by atoms with van der Waals surface area (Å²) in [5.41, 5.74) is -5.42. The molecule has 0 fully saturated rings. The summed E-state index contributed by atoms with van der Waals surface area (Å²) >= 11 is 0. The lowest BCUT2D eigenvalue weighted by Gasteiger charge is -2.13. The molecule has 1 amide bonds. The monoisotopic (exact) mass is 370 g/mol. The fraction of sp³-hybridized carbons (Fsp3) is 0.0667. The molecule has 2 aromatic rings. The largest absolute Gasteiger partial charge is 0.534 e. The van der Waals surface area contributed by atoms with E-state index in [0.29, 0.717) is 5.69 Å². The van der Waals surface area contributed by atoms with Crippen molar-refractivity contribution in [1.29, 1.82) is 0 Å². The highest BCUT2D eigenvalue weighted by Crippen LogP contribution is 2.29. The van der Waals surface area contributed by atoms with Gasteiger partial charge in [0.1, 0.15) is 0 Å². The number of benzene rings is 2. The number of hydrogen-bond acceptors (Lipinski definition) is 4. The van der Waals surface area contributed by atoms with Crippen LogP contribution >= 0.6 is 0 Å². The number of nitrogens with one attached hydrogen (secondary N) is 1. The molecule has 2 rings (SSSR count). The molecule has 0 spiro atoms. The molecule has 25 heavy (non-hydrogen) atoms. The third-order valence-electron chi connectivity index (χ3n) is 2.87. The van der Waals surface area contributed by atoms with E-state index in [4.69, 9.17) is 6.57 Å². The third-order valence-corrected chi connectivity index (χ3v) is 3.83. The summed E-state index contributed by atoms with van der Waals surface area (Å²) in [4.78, 5) is 15.4. The van der Waals surface area contributed by atoms with E-state index in [2.05, 4.69) is 14.3 Å². The Balaban J connectivity index is 2.27. The Labute approximate surface area is 140 Å². The van der Waals surface area contributed by atoms with Gasteiger partial charge in [0.25, 0.3) is 5.91 Å². The van der Waals surface area contributed by atoms with Crippen molar-refractivity contribution in [3.05, 3.63) is 65.5 Å². The molecule has 0 unspecified atom stereocenters. The lowest BCUT2D eigenvalue weighted by molar-refractivity contribution is -0.0500. The van der Waals surface area contributed by atoms with Crippen molar-refractivity contribution in [3.63, 3.8) is 0 Å². The van der Waals surface area contributed by atoms with Crippen LogP contribution in [0.15, 0.2) is 48.5 Å². The van der Waals surface area contributed by atoms with Gasteiger partial charge in [0.15, 0.2) is 11.4 Å². The van der Waals surface area contributed by atoms with E-state index < -0.39 is 32.8 Å². The molecule has 2 aromatic carbocycles. The van der Waals surface area contributed by atoms with Gasteiger partial charge >= 0.3 is 15.6 Å². The van der Waals surface area contributed by atoms with E-state index in [1.54, 1.807) is 0 Å². The minimum Gasteiger partial charge on any atom is -0.375 e. The zero-order valence-corrected chi connectivity index (χ0v) is 13.1. The highest BCUT2D eigenvalue weighted by molar-refractivity contribution is 7.88. The Kier molecular flexibility index (Phi) is 4.99. The van der Waals surface area contributed by atoms with Gasteiger partial charge in [0.2, 0.25) is 0 Å². The topological polar surface area (TPSA) is 76.8 Å². The highest BCUT2D eigenvalue weighted by Gasteiger charge is 2.48. The van der Waals surface area contributed by atoms with Crippen LogP contribution in [0.1, 0.15) is 10.4 Å². The molecule has 0 heterocycles. The first kappa shape index (κ1) is 18.3. The fourth-order valence-electron chi connectivity index (χ4n) is 1.71. The zero-order chi connectivity index (χ0) is 18.7. The maximum atomic E-state index is 12.4. The van der Waals surface area contributed by atoms with Crippen LogP contribution in [-0.2, 0) is 10.1 Å².